The molecule has 0 radical (unpaired) electrons. The Morgan fingerprint density at radius 1 is 0.260 bits per heavy atom. The van der Waals surface area contributed by atoms with Crippen molar-refractivity contribution < 1.29 is 38.4 Å². The molecule has 0 aliphatic rings. The summed E-state index contributed by atoms with van der Waals surface area (Å²) in [5.74, 6) is -1.13. The van der Waals surface area contributed by atoms with Crippen molar-refractivity contribution in [3.63, 3.8) is 0 Å². The third-order valence-corrected chi connectivity index (χ3v) is 14.9. The van der Waals surface area contributed by atoms with Crippen molar-refractivity contribution in [2.75, 3.05) is 58.9 Å². The van der Waals surface area contributed by atoms with Crippen LogP contribution in [0.5, 0.6) is 0 Å². The number of nitrogens with two attached hydrogens (primary N) is 6. The van der Waals surface area contributed by atoms with E-state index in [0.717, 1.165) is 148 Å². The summed E-state index contributed by atoms with van der Waals surface area (Å²) in [6.07, 6.45) is 26.8. The number of hydrogen-bond acceptors (Lipinski definition) is 14. The van der Waals surface area contributed by atoms with Crippen LogP contribution in [0.15, 0.2) is 0 Å². The van der Waals surface area contributed by atoms with Crippen LogP contribution in [-0.4, -0.2) is 106 Å². The standard InChI is InChI=1S/C60H115N9O8/c61-36-18-1-9-27-50(56(73)34-15-4-21-39-64)47-58(75)67-42-24-6-11-28-51(57(74)35-16-5-22-40-65)48-59(76)68-43-25-7-12-32-54(71)46-52(30-10-2-19-37-62)60(77)69-44-26-8-13-31-53(70)45-49(29-17-23-41-66)55(72)33-14-3-20-38-63/h49-52H,1-48,61-66H2,(H,67,75)(H,68,76)(H,69,77). The monoisotopic (exact) mass is 1090 g/mol. The predicted octanol–water partition coefficient (Wildman–Crippen LogP) is 7.61. The van der Waals surface area contributed by atoms with Crippen LogP contribution < -0.4 is 50.4 Å². The van der Waals surface area contributed by atoms with Crippen LogP contribution in [0.2, 0.25) is 0 Å². The summed E-state index contributed by atoms with van der Waals surface area (Å²) in [6, 6.07) is 0. The molecular weight excluding hydrogens is 975 g/mol. The molecule has 17 nitrogen and oxygen atoms in total. The van der Waals surface area contributed by atoms with Gasteiger partial charge in [-0.15, -0.1) is 0 Å². The Morgan fingerprint density at radius 2 is 0.519 bits per heavy atom. The number of ketones is 5. The second-order valence-electron chi connectivity index (χ2n) is 21.9. The van der Waals surface area contributed by atoms with Gasteiger partial charge >= 0.3 is 0 Å². The van der Waals surface area contributed by atoms with E-state index in [1.165, 1.54) is 0 Å². The molecule has 3 amide bonds. The lowest BCUT2D eigenvalue weighted by Crippen LogP contribution is -2.33. The van der Waals surface area contributed by atoms with Crippen molar-refractivity contribution in [1.29, 1.82) is 0 Å². The van der Waals surface area contributed by atoms with E-state index in [2.05, 4.69) is 16.0 Å². The fraction of sp³-hybridized carbons (Fsp3) is 0.867. The van der Waals surface area contributed by atoms with Crippen molar-refractivity contribution >= 4 is 46.6 Å². The van der Waals surface area contributed by atoms with E-state index in [4.69, 9.17) is 34.4 Å². The number of hydrogen-bond donors (Lipinski definition) is 9. The lowest BCUT2D eigenvalue weighted by Gasteiger charge is -2.17. The van der Waals surface area contributed by atoms with Crippen molar-refractivity contribution in [1.82, 2.24) is 16.0 Å². The van der Waals surface area contributed by atoms with Gasteiger partial charge in [0.1, 0.15) is 28.9 Å². The largest absolute Gasteiger partial charge is 0.356 e. The Morgan fingerprint density at radius 3 is 0.896 bits per heavy atom. The zero-order valence-corrected chi connectivity index (χ0v) is 48.5. The summed E-state index contributed by atoms with van der Waals surface area (Å²) >= 11 is 0. The fourth-order valence-corrected chi connectivity index (χ4v) is 9.99. The second kappa shape index (κ2) is 53.2. The maximum Gasteiger partial charge on any atom is 0.223 e. The van der Waals surface area contributed by atoms with Crippen molar-refractivity contribution in [2.24, 2.45) is 58.1 Å². The number of Topliss-reactive ketones (excluding diaryl/α,β-unsaturated/α-hetero) is 5. The molecule has 0 saturated heterocycles. The molecule has 0 saturated carbocycles. The van der Waals surface area contributed by atoms with E-state index in [9.17, 15) is 38.4 Å². The molecule has 77 heavy (non-hydrogen) atoms. The third kappa shape index (κ3) is 44.0. The molecular formula is C60H115N9O8. The first-order valence-corrected chi connectivity index (χ1v) is 31.0. The zero-order valence-electron chi connectivity index (χ0n) is 48.5. The maximum absolute atomic E-state index is 13.3. The highest BCUT2D eigenvalue weighted by Crippen LogP contribution is 2.23. The molecule has 0 aromatic carbocycles. The minimum absolute atomic E-state index is 0.0484. The van der Waals surface area contributed by atoms with Crippen molar-refractivity contribution in [3.05, 3.63) is 0 Å². The van der Waals surface area contributed by atoms with Crippen LogP contribution in [0, 0.1) is 23.7 Å². The van der Waals surface area contributed by atoms with Crippen LogP contribution in [-0.2, 0) is 38.4 Å². The Kier molecular flexibility index (Phi) is 50.8. The molecule has 0 aliphatic heterocycles. The Hall–Kier alpha value is -3.48. The minimum atomic E-state index is -0.410. The van der Waals surface area contributed by atoms with E-state index in [1.807, 2.05) is 0 Å². The van der Waals surface area contributed by atoms with Crippen LogP contribution >= 0.6 is 0 Å². The minimum Gasteiger partial charge on any atom is -0.356 e. The summed E-state index contributed by atoms with van der Waals surface area (Å²) in [6.45, 7) is 4.99. The van der Waals surface area contributed by atoms with Crippen LogP contribution in [0.25, 0.3) is 0 Å². The first-order valence-electron chi connectivity index (χ1n) is 31.0. The summed E-state index contributed by atoms with van der Waals surface area (Å²) in [5.41, 5.74) is 33.9. The zero-order chi connectivity index (χ0) is 57.0. The van der Waals surface area contributed by atoms with Gasteiger partial charge in [-0.1, -0.05) is 77.0 Å². The molecule has 17 heteroatoms. The predicted molar refractivity (Wildman–Crippen MR) is 312 cm³/mol. The summed E-state index contributed by atoms with van der Waals surface area (Å²) in [7, 11) is 0. The second-order valence-corrected chi connectivity index (χ2v) is 21.9. The lowest BCUT2D eigenvalue weighted by atomic mass is 9.88. The molecule has 4 atom stereocenters. The summed E-state index contributed by atoms with van der Waals surface area (Å²) < 4.78 is 0. The Balaban J connectivity index is 4.90. The molecule has 0 bridgehead atoms. The van der Waals surface area contributed by atoms with Gasteiger partial charge in [-0.25, -0.2) is 0 Å². The van der Waals surface area contributed by atoms with E-state index in [0.29, 0.717) is 136 Å². The number of amides is 3. The fourth-order valence-electron chi connectivity index (χ4n) is 9.99. The van der Waals surface area contributed by atoms with Gasteiger partial charge in [0.25, 0.3) is 0 Å². The van der Waals surface area contributed by atoms with Crippen molar-refractivity contribution in [3.8, 4) is 0 Å². The quantitative estimate of drug-likeness (QED) is 0.0265. The Bertz CT molecular complexity index is 1550. The molecule has 0 heterocycles. The SMILES string of the molecule is NCCCCCC(=O)C(CCCCN)CC(=O)CCCCCNC(=O)C(CCCCCN)CC(=O)CCCCCNC(=O)CC(CCCCCNC(=O)CC(CCCCCN)C(=O)CCCCCN)C(=O)CCCCCN. The first-order chi connectivity index (χ1) is 37.4. The molecule has 0 aromatic heterocycles. The number of unbranched alkanes of at least 4 members (excludes halogenated alkanes) is 17. The Labute approximate surface area is 466 Å². The topological polar surface area (TPSA) is 329 Å². The van der Waals surface area contributed by atoms with E-state index in [1.54, 1.807) is 0 Å². The highest BCUT2D eigenvalue weighted by molar-refractivity contribution is 5.89. The third-order valence-electron chi connectivity index (χ3n) is 14.9. The van der Waals surface area contributed by atoms with Crippen LogP contribution in [0.1, 0.15) is 250 Å². The average Bonchev–Trinajstić information content (AvgIpc) is 3.41. The van der Waals surface area contributed by atoms with Gasteiger partial charge < -0.3 is 50.4 Å². The van der Waals surface area contributed by atoms with E-state index < -0.39 is 5.92 Å². The van der Waals surface area contributed by atoms with Crippen molar-refractivity contribution in [2.45, 2.75) is 250 Å². The van der Waals surface area contributed by atoms with Gasteiger partial charge in [-0.05, 0) is 155 Å². The van der Waals surface area contributed by atoms with Gasteiger partial charge in [-0.3, -0.25) is 38.4 Å². The maximum atomic E-state index is 13.3. The lowest BCUT2D eigenvalue weighted by molar-refractivity contribution is -0.129. The van der Waals surface area contributed by atoms with Gasteiger partial charge in [0, 0.05) is 101 Å². The average molecular weight is 1090 g/mol. The molecule has 4 unspecified atom stereocenters. The number of carbonyl (C=O) groups excluding carboxylic acids is 8. The first kappa shape index (κ1) is 73.5. The molecule has 0 spiro atoms. The highest BCUT2D eigenvalue weighted by Gasteiger charge is 2.25. The number of rotatable bonds is 59. The van der Waals surface area contributed by atoms with E-state index in [-0.39, 0.29) is 90.1 Å². The molecule has 0 aliphatic carbocycles. The molecule has 0 rings (SSSR count). The van der Waals surface area contributed by atoms with Gasteiger partial charge in [0.15, 0.2) is 0 Å². The number of nitrogens with one attached hydrogen (secondary N) is 3. The molecule has 15 N–H and O–H groups in total. The van der Waals surface area contributed by atoms with Gasteiger partial charge in [0.05, 0.1) is 0 Å². The molecule has 0 aromatic rings. The highest BCUT2D eigenvalue weighted by atomic mass is 16.2. The molecule has 448 valence electrons. The van der Waals surface area contributed by atoms with Gasteiger partial charge in [-0.2, -0.15) is 0 Å². The van der Waals surface area contributed by atoms with Gasteiger partial charge in [0.2, 0.25) is 17.7 Å². The van der Waals surface area contributed by atoms with Crippen LogP contribution in [0.4, 0.5) is 0 Å². The summed E-state index contributed by atoms with van der Waals surface area (Å²) in [5, 5.41) is 9.03. The van der Waals surface area contributed by atoms with Crippen LogP contribution in [0.3, 0.4) is 0 Å². The number of carbonyl (C=O) groups is 8. The normalized spacial score (nSPS) is 12.9. The smallest absolute Gasteiger partial charge is 0.223 e. The summed E-state index contributed by atoms with van der Waals surface area (Å²) in [4.78, 5) is 105. The van der Waals surface area contributed by atoms with E-state index >= 15 is 0 Å². The molecule has 0 fully saturated rings.